The van der Waals surface area contributed by atoms with Gasteiger partial charge in [0.2, 0.25) is 0 Å². The molecule has 1 saturated heterocycles. The maximum atomic E-state index is 11.4. The number of pyridine rings is 1. The van der Waals surface area contributed by atoms with Crippen molar-refractivity contribution in [3.05, 3.63) is 59.8 Å². The van der Waals surface area contributed by atoms with E-state index in [4.69, 9.17) is 0 Å². The topological polar surface area (TPSA) is 82.5 Å². The van der Waals surface area contributed by atoms with Crippen LogP contribution in [0.15, 0.2) is 48.7 Å². The fraction of sp³-hybridized carbons (Fsp3) is 0.389. The summed E-state index contributed by atoms with van der Waals surface area (Å²) in [6.45, 7) is 3.28. The van der Waals surface area contributed by atoms with Crippen LogP contribution in [-0.2, 0) is 15.7 Å². The van der Waals surface area contributed by atoms with E-state index in [0.717, 1.165) is 15.7 Å². The average Bonchev–Trinajstić information content (AvgIpc) is 2.60. The lowest BCUT2D eigenvalue weighted by Gasteiger charge is -2.41. The number of nitrogens with one attached hydrogen (secondary N) is 1. The SMILES string of the molecule is Cc1ccnc(NCC2(c3ccccc3)CCN(S(=O)(=O)O)CC2)c1. The highest BCUT2D eigenvalue weighted by Gasteiger charge is 2.38. The number of rotatable bonds is 5. The highest BCUT2D eigenvalue weighted by Crippen LogP contribution is 2.36. The number of anilines is 1. The molecule has 0 atom stereocenters. The van der Waals surface area contributed by atoms with E-state index in [9.17, 15) is 13.0 Å². The van der Waals surface area contributed by atoms with Crippen molar-refractivity contribution in [2.75, 3.05) is 25.0 Å². The Morgan fingerprint density at radius 2 is 1.88 bits per heavy atom. The van der Waals surface area contributed by atoms with Crippen LogP contribution in [0.4, 0.5) is 5.82 Å². The van der Waals surface area contributed by atoms with E-state index in [2.05, 4.69) is 22.4 Å². The van der Waals surface area contributed by atoms with E-state index in [1.807, 2.05) is 37.3 Å². The lowest BCUT2D eigenvalue weighted by atomic mass is 9.73. The summed E-state index contributed by atoms with van der Waals surface area (Å²) in [5, 5.41) is 3.41. The minimum absolute atomic E-state index is 0.201. The third-order valence-electron chi connectivity index (χ3n) is 4.92. The lowest BCUT2D eigenvalue weighted by molar-refractivity contribution is 0.227. The summed E-state index contributed by atoms with van der Waals surface area (Å²) in [6.07, 6.45) is 3.04. The van der Waals surface area contributed by atoms with Crippen LogP contribution in [0.1, 0.15) is 24.0 Å². The molecule has 2 heterocycles. The van der Waals surface area contributed by atoms with Gasteiger partial charge in [-0.15, -0.1) is 0 Å². The molecule has 6 nitrogen and oxygen atoms in total. The summed E-state index contributed by atoms with van der Waals surface area (Å²) in [5.74, 6) is 0.813. The second-order valence-corrected chi connectivity index (χ2v) is 8.01. The van der Waals surface area contributed by atoms with Crippen molar-refractivity contribution in [1.82, 2.24) is 9.29 Å². The summed E-state index contributed by atoms with van der Waals surface area (Å²) >= 11 is 0. The summed E-state index contributed by atoms with van der Waals surface area (Å²) in [6, 6.07) is 14.1. The van der Waals surface area contributed by atoms with Gasteiger partial charge in [-0.2, -0.15) is 12.7 Å². The van der Waals surface area contributed by atoms with E-state index in [0.29, 0.717) is 32.5 Å². The highest BCUT2D eigenvalue weighted by molar-refractivity contribution is 7.83. The molecule has 2 N–H and O–H groups in total. The van der Waals surface area contributed by atoms with Crippen molar-refractivity contribution < 1.29 is 13.0 Å². The molecule has 1 fully saturated rings. The van der Waals surface area contributed by atoms with Crippen molar-refractivity contribution in [2.45, 2.75) is 25.2 Å². The molecule has 1 aromatic heterocycles. The summed E-state index contributed by atoms with van der Waals surface area (Å²) in [7, 11) is -4.13. The zero-order valence-electron chi connectivity index (χ0n) is 14.2. The van der Waals surface area contributed by atoms with Gasteiger partial charge >= 0.3 is 10.3 Å². The number of piperidine rings is 1. The predicted octanol–water partition coefficient (Wildman–Crippen LogP) is 2.64. The molecule has 2 aromatic rings. The zero-order chi connectivity index (χ0) is 17.9. The molecular formula is C18H23N3O3S. The van der Waals surface area contributed by atoms with Gasteiger partial charge in [-0.3, -0.25) is 4.55 Å². The second kappa shape index (κ2) is 7.11. The minimum Gasteiger partial charge on any atom is -0.369 e. The van der Waals surface area contributed by atoms with E-state index >= 15 is 0 Å². The Bertz CT molecular complexity index is 816. The molecule has 7 heteroatoms. The Morgan fingerprint density at radius 1 is 1.20 bits per heavy atom. The molecular weight excluding hydrogens is 338 g/mol. The molecule has 0 saturated carbocycles. The van der Waals surface area contributed by atoms with Crippen LogP contribution in [0, 0.1) is 6.92 Å². The largest absolute Gasteiger partial charge is 0.369 e. The molecule has 1 aromatic carbocycles. The van der Waals surface area contributed by atoms with Crippen molar-refractivity contribution in [1.29, 1.82) is 0 Å². The van der Waals surface area contributed by atoms with Gasteiger partial charge in [0, 0.05) is 31.2 Å². The average molecular weight is 361 g/mol. The molecule has 1 aliphatic rings. The number of aryl methyl sites for hydroxylation is 1. The van der Waals surface area contributed by atoms with Crippen molar-refractivity contribution in [3.8, 4) is 0 Å². The first-order valence-corrected chi connectivity index (χ1v) is 9.73. The van der Waals surface area contributed by atoms with Gasteiger partial charge in [-0.1, -0.05) is 30.3 Å². The molecule has 1 aliphatic heterocycles. The van der Waals surface area contributed by atoms with E-state index in [-0.39, 0.29) is 5.41 Å². The predicted molar refractivity (Wildman–Crippen MR) is 97.9 cm³/mol. The standard InChI is InChI=1S/C18H23N3O3S/c1-15-7-10-19-17(13-15)20-14-18(16-5-3-2-4-6-16)8-11-21(12-9-18)25(22,23)24/h2-7,10,13H,8-9,11-12,14H2,1H3,(H,19,20)(H,22,23,24). The minimum atomic E-state index is -4.13. The molecule has 0 bridgehead atoms. The van der Waals surface area contributed by atoms with Gasteiger partial charge < -0.3 is 5.32 Å². The molecule has 0 spiro atoms. The summed E-state index contributed by atoms with van der Waals surface area (Å²) in [4.78, 5) is 4.35. The lowest BCUT2D eigenvalue weighted by Crippen LogP contribution is -2.48. The van der Waals surface area contributed by atoms with Gasteiger partial charge in [-0.05, 0) is 43.0 Å². The van der Waals surface area contributed by atoms with Crippen LogP contribution in [0.3, 0.4) is 0 Å². The number of hydrogen-bond acceptors (Lipinski definition) is 4. The Morgan fingerprint density at radius 3 is 2.48 bits per heavy atom. The van der Waals surface area contributed by atoms with E-state index < -0.39 is 10.3 Å². The first-order chi connectivity index (χ1) is 11.9. The number of benzene rings is 1. The van der Waals surface area contributed by atoms with Gasteiger partial charge in [0.1, 0.15) is 5.82 Å². The number of aromatic nitrogens is 1. The van der Waals surface area contributed by atoms with E-state index in [1.165, 1.54) is 5.56 Å². The van der Waals surface area contributed by atoms with Crippen LogP contribution in [0.25, 0.3) is 0 Å². The van der Waals surface area contributed by atoms with Crippen molar-refractivity contribution in [3.63, 3.8) is 0 Å². The monoisotopic (exact) mass is 361 g/mol. The van der Waals surface area contributed by atoms with Crippen LogP contribution < -0.4 is 5.32 Å². The van der Waals surface area contributed by atoms with Crippen molar-refractivity contribution in [2.24, 2.45) is 0 Å². The van der Waals surface area contributed by atoms with Gasteiger partial charge in [0.05, 0.1) is 0 Å². The molecule has 25 heavy (non-hydrogen) atoms. The maximum Gasteiger partial charge on any atom is 0.335 e. The second-order valence-electron chi connectivity index (χ2n) is 6.60. The fourth-order valence-electron chi connectivity index (χ4n) is 3.40. The van der Waals surface area contributed by atoms with Crippen LogP contribution >= 0.6 is 0 Å². The highest BCUT2D eigenvalue weighted by atomic mass is 32.2. The third kappa shape index (κ3) is 4.18. The summed E-state index contributed by atoms with van der Waals surface area (Å²) < 4.78 is 33.2. The van der Waals surface area contributed by atoms with Gasteiger partial charge in [0.15, 0.2) is 0 Å². The molecule has 0 amide bonds. The molecule has 0 unspecified atom stereocenters. The van der Waals surface area contributed by atoms with Gasteiger partial charge in [-0.25, -0.2) is 4.98 Å². The molecule has 0 aliphatic carbocycles. The Labute approximate surface area is 148 Å². The zero-order valence-corrected chi connectivity index (χ0v) is 15.0. The smallest absolute Gasteiger partial charge is 0.335 e. The van der Waals surface area contributed by atoms with Crippen molar-refractivity contribution >= 4 is 16.1 Å². The van der Waals surface area contributed by atoms with E-state index in [1.54, 1.807) is 6.20 Å². The number of nitrogens with zero attached hydrogens (tertiary/aromatic N) is 2. The fourth-order valence-corrected chi connectivity index (χ4v) is 4.04. The first kappa shape index (κ1) is 17.8. The molecule has 0 radical (unpaired) electrons. The Kier molecular flexibility index (Phi) is 5.08. The Balaban J connectivity index is 1.82. The number of hydrogen-bond donors (Lipinski definition) is 2. The maximum absolute atomic E-state index is 11.4. The summed E-state index contributed by atoms with van der Waals surface area (Å²) in [5.41, 5.74) is 2.10. The quantitative estimate of drug-likeness (QED) is 0.800. The third-order valence-corrected chi connectivity index (χ3v) is 5.93. The molecule has 3 rings (SSSR count). The van der Waals surface area contributed by atoms with Crippen LogP contribution in [-0.4, -0.2) is 41.9 Å². The Hall–Kier alpha value is -1.96. The van der Waals surface area contributed by atoms with Crippen LogP contribution in [0.2, 0.25) is 0 Å². The molecule has 134 valence electrons. The normalized spacial score (nSPS) is 18.0. The van der Waals surface area contributed by atoms with Crippen LogP contribution in [0.5, 0.6) is 0 Å². The first-order valence-electron chi connectivity index (χ1n) is 8.34. The van der Waals surface area contributed by atoms with Gasteiger partial charge in [0.25, 0.3) is 0 Å².